The van der Waals surface area contributed by atoms with E-state index in [1.165, 1.54) is 0 Å². The Bertz CT molecular complexity index is 1200. The van der Waals surface area contributed by atoms with Crippen molar-refractivity contribution in [3.63, 3.8) is 0 Å². The highest BCUT2D eigenvalue weighted by atomic mass is 35.5. The second-order valence-electron chi connectivity index (χ2n) is 7.63. The van der Waals surface area contributed by atoms with Crippen molar-refractivity contribution in [2.24, 2.45) is 0 Å². The van der Waals surface area contributed by atoms with Gasteiger partial charge in [0.15, 0.2) is 0 Å². The third-order valence-corrected chi connectivity index (χ3v) is 6.52. The predicted molar refractivity (Wildman–Crippen MR) is 120 cm³/mol. The number of rotatable bonds is 6. The van der Waals surface area contributed by atoms with Crippen molar-refractivity contribution < 1.29 is 31.2 Å². The first kappa shape index (κ1) is 24.8. The number of aryl methyl sites for hydroxylation is 1. The number of hydrogen-bond acceptors (Lipinski definition) is 4. The molecule has 7 nitrogen and oxygen atoms in total. The molecule has 0 aliphatic carbocycles. The molecule has 0 atom stereocenters. The van der Waals surface area contributed by atoms with Gasteiger partial charge >= 0.3 is 6.18 Å². The third-order valence-electron chi connectivity index (χ3n) is 5.07. The highest BCUT2D eigenvalue weighted by molar-refractivity contribution is 7.92. The first-order valence-electron chi connectivity index (χ1n) is 9.82. The largest absolute Gasteiger partial charge is 0.416 e. The first-order valence-corrected chi connectivity index (χ1v) is 12.1. The Morgan fingerprint density at radius 3 is 2.45 bits per heavy atom. The zero-order valence-corrected chi connectivity index (χ0v) is 19.3. The Kier molecular flexibility index (Phi) is 6.94. The van der Waals surface area contributed by atoms with Gasteiger partial charge in [0.2, 0.25) is 21.8 Å². The molecule has 178 valence electrons. The first-order chi connectivity index (χ1) is 15.3. The Morgan fingerprint density at radius 2 is 1.91 bits per heavy atom. The minimum Gasteiger partial charge on any atom is -0.325 e. The van der Waals surface area contributed by atoms with Crippen molar-refractivity contribution in [2.45, 2.75) is 25.9 Å². The molecule has 12 heteroatoms. The molecule has 1 aliphatic rings. The van der Waals surface area contributed by atoms with Gasteiger partial charge in [-0.3, -0.25) is 13.9 Å². The van der Waals surface area contributed by atoms with Crippen molar-refractivity contribution in [1.82, 2.24) is 0 Å². The molecule has 1 fully saturated rings. The van der Waals surface area contributed by atoms with Gasteiger partial charge in [0.25, 0.3) is 0 Å². The van der Waals surface area contributed by atoms with Gasteiger partial charge in [-0.05, 0) is 55.3 Å². The van der Waals surface area contributed by atoms with Crippen molar-refractivity contribution in [1.29, 1.82) is 0 Å². The number of alkyl halides is 3. The van der Waals surface area contributed by atoms with Crippen LogP contribution in [0.25, 0.3) is 0 Å². The number of halogens is 4. The smallest absolute Gasteiger partial charge is 0.325 e. The Hall–Kier alpha value is -2.79. The monoisotopic (exact) mass is 503 g/mol. The minimum absolute atomic E-state index is 0.0108. The summed E-state index contributed by atoms with van der Waals surface area (Å²) in [7, 11) is -4.15. The molecular weight excluding hydrogens is 483 g/mol. The van der Waals surface area contributed by atoms with Crippen LogP contribution >= 0.6 is 11.6 Å². The number of carbonyl (C=O) groups is 2. The second kappa shape index (κ2) is 9.22. The lowest BCUT2D eigenvalue weighted by atomic mass is 10.1. The number of nitrogens with zero attached hydrogens (tertiary/aromatic N) is 2. The average Bonchev–Trinajstić information content (AvgIpc) is 3.11. The summed E-state index contributed by atoms with van der Waals surface area (Å²) >= 11 is 5.97. The highest BCUT2D eigenvalue weighted by Crippen LogP contribution is 2.36. The van der Waals surface area contributed by atoms with Crippen LogP contribution in [-0.4, -0.2) is 39.6 Å². The van der Waals surface area contributed by atoms with Gasteiger partial charge < -0.3 is 10.2 Å². The van der Waals surface area contributed by atoms with Gasteiger partial charge in [0.1, 0.15) is 6.54 Å². The van der Waals surface area contributed by atoms with E-state index in [1.54, 1.807) is 30.0 Å². The van der Waals surface area contributed by atoms with Gasteiger partial charge in [0.05, 0.1) is 22.5 Å². The summed E-state index contributed by atoms with van der Waals surface area (Å²) in [5.41, 5.74) is 0.228. The molecule has 0 aromatic heterocycles. The topological polar surface area (TPSA) is 86.8 Å². The lowest BCUT2D eigenvalue weighted by Crippen LogP contribution is -2.37. The van der Waals surface area contributed by atoms with Crippen LogP contribution in [0.15, 0.2) is 36.4 Å². The van der Waals surface area contributed by atoms with Gasteiger partial charge in [0, 0.05) is 24.3 Å². The van der Waals surface area contributed by atoms with Crippen LogP contribution in [0, 0.1) is 6.92 Å². The molecule has 1 N–H and O–H groups in total. The molecule has 0 radical (unpaired) electrons. The molecular formula is C21H21ClF3N3O4S. The molecule has 1 heterocycles. The maximum atomic E-state index is 13.1. The molecule has 1 saturated heterocycles. The fourth-order valence-electron chi connectivity index (χ4n) is 3.53. The molecule has 0 bridgehead atoms. The minimum atomic E-state index is -4.72. The zero-order chi connectivity index (χ0) is 24.6. The predicted octanol–water partition coefficient (Wildman–Crippen LogP) is 4.20. The molecule has 2 aromatic carbocycles. The lowest BCUT2D eigenvalue weighted by Gasteiger charge is -2.24. The lowest BCUT2D eigenvalue weighted by molar-refractivity contribution is -0.137. The number of benzene rings is 2. The van der Waals surface area contributed by atoms with Crippen molar-refractivity contribution in [3.05, 3.63) is 52.5 Å². The summed E-state index contributed by atoms with van der Waals surface area (Å²) in [5, 5.41) is 2.28. The Morgan fingerprint density at radius 1 is 1.21 bits per heavy atom. The molecule has 3 rings (SSSR count). The number of sulfonamides is 1. The van der Waals surface area contributed by atoms with E-state index in [2.05, 4.69) is 5.32 Å². The number of nitrogens with one attached hydrogen (secondary N) is 1. The highest BCUT2D eigenvalue weighted by Gasteiger charge is 2.33. The number of hydrogen-bond donors (Lipinski definition) is 1. The fourth-order valence-corrected chi connectivity index (χ4v) is 4.66. The maximum absolute atomic E-state index is 13.1. The summed E-state index contributed by atoms with van der Waals surface area (Å²) in [6, 6.07) is 7.10. The summed E-state index contributed by atoms with van der Waals surface area (Å²) in [6.07, 6.45) is -2.73. The summed E-state index contributed by atoms with van der Waals surface area (Å²) in [4.78, 5) is 26.2. The van der Waals surface area contributed by atoms with E-state index in [0.29, 0.717) is 34.7 Å². The quantitative estimate of drug-likeness (QED) is 0.640. The van der Waals surface area contributed by atoms with Gasteiger partial charge in [-0.2, -0.15) is 13.2 Å². The van der Waals surface area contributed by atoms with Crippen LogP contribution in [0.4, 0.5) is 30.2 Å². The van der Waals surface area contributed by atoms with Crippen LogP contribution in [0.3, 0.4) is 0 Å². The van der Waals surface area contributed by atoms with Crippen LogP contribution in [0.5, 0.6) is 0 Å². The molecule has 1 aliphatic heterocycles. The summed E-state index contributed by atoms with van der Waals surface area (Å²) < 4.78 is 64.4. The Balaban J connectivity index is 1.83. The van der Waals surface area contributed by atoms with Crippen LogP contribution < -0.4 is 14.5 Å². The molecule has 0 spiro atoms. The Labute approximate surface area is 194 Å². The number of anilines is 3. The van der Waals surface area contributed by atoms with Crippen molar-refractivity contribution in [2.75, 3.05) is 33.9 Å². The molecule has 0 saturated carbocycles. The van der Waals surface area contributed by atoms with E-state index in [0.717, 1.165) is 30.4 Å². The van der Waals surface area contributed by atoms with Crippen LogP contribution in [-0.2, 0) is 25.8 Å². The normalized spacial score (nSPS) is 14.5. The average molecular weight is 504 g/mol. The van der Waals surface area contributed by atoms with Gasteiger partial charge in [-0.1, -0.05) is 11.6 Å². The maximum Gasteiger partial charge on any atom is 0.416 e. The van der Waals surface area contributed by atoms with Crippen molar-refractivity contribution in [3.8, 4) is 0 Å². The van der Waals surface area contributed by atoms with E-state index in [4.69, 9.17) is 11.6 Å². The second-order valence-corrected chi connectivity index (χ2v) is 9.95. The summed E-state index contributed by atoms with van der Waals surface area (Å²) in [5.74, 6) is -0.769. The summed E-state index contributed by atoms with van der Waals surface area (Å²) in [6.45, 7) is 1.58. The van der Waals surface area contributed by atoms with Gasteiger partial charge in [-0.25, -0.2) is 8.42 Å². The fraction of sp³-hybridized carbons (Fsp3) is 0.333. The van der Waals surface area contributed by atoms with Crippen LogP contribution in [0.1, 0.15) is 24.0 Å². The van der Waals surface area contributed by atoms with E-state index in [1.807, 2.05) is 0 Å². The zero-order valence-electron chi connectivity index (χ0n) is 17.7. The third kappa shape index (κ3) is 5.77. The van der Waals surface area contributed by atoms with E-state index in [9.17, 15) is 31.2 Å². The SMILES string of the molecule is Cc1cc(NC(=O)CN(c2cc(C(F)(F)F)ccc2Cl)S(C)(=O)=O)ccc1N1CCCC1=O. The standard InChI is InChI=1S/C21H21ClF3N3O4S/c1-13-10-15(6-8-17(13)27-9-3-4-20(27)30)26-19(29)12-28(33(2,31)32)18-11-14(21(23,24)25)5-7-16(18)22/h5-8,10-11H,3-4,9,12H2,1-2H3,(H,26,29). The molecule has 0 unspecified atom stereocenters. The number of amides is 2. The van der Waals surface area contributed by atoms with Gasteiger partial charge in [-0.15, -0.1) is 0 Å². The molecule has 2 aromatic rings. The number of carbonyl (C=O) groups excluding carboxylic acids is 2. The molecule has 33 heavy (non-hydrogen) atoms. The van der Waals surface area contributed by atoms with E-state index < -0.39 is 39.9 Å². The van der Waals surface area contributed by atoms with E-state index in [-0.39, 0.29) is 10.9 Å². The molecule has 2 amide bonds. The van der Waals surface area contributed by atoms with E-state index >= 15 is 0 Å². The van der Waals surface area contributed by atoms with Crippen LogP contribution in [0.2, 0.25) is 5.02 Å². The van der Waals surface area contributed by atoms with Crippen molar-refractivity contribution >= 4 is 50.5 Å².